The molecule has 0 spiro atoms. The first-order chi connectivity index (χ1) is 14.6. The van der Waals surface area contributed by atoms with Crippen molar-refractivity contribution in [3.8, 4) is 5.75 Å². The number of hydrogen-bond acceptors (Lipinski definition) is 6. The molecular formula is C22H28N2O6S. The van der Waals surface area contributed by atoms with Crippen LogP contribution in [-0.2, 0) is 19.6 Å². The summed E-state index contributed by atoms with van der Waals surface area (Å²) in [6, 6.07) is 12.1. The third kappa shape index (κ3) is 6.71. The number of nitrogens with zero attached hydrogens (tertiary/aromatic N) is 1. The van der Waals surface area contributed by atoms with Crippen molar-refractivity contribution in [1.82, 2.24) is 5.32 Å². The van der Waals surface area contributed by atoms with Gasteiger partial charge in [-0.2, -0.15) is 0 Å². The van der Waals surface area contributed by atoms with Crippen LogP contribution >= 0.6 is 0 Å². The topological polar surface area (TPSA) is 102 Å². The highest BCUT2D eigenvalue weighted by molar-refractivity contribution is 7.92. The number of carbonyl (C=O) groups excluding carboxylic acids is 2. The van der Waals surface area contributed by atoms with Crippen LogP contribution in [0.15, 0.2) is 53.4 Å². The molecule has 0 aliphatic rings. The third-order valence-electron chi connectivity index (χ3n) is 4.54. The number of rotatable bonds is 10. The molecule has 0 aromatic heterocycles. The Morgan fingerprint density at radius 3 is 2.39 bits per heavy atom. The van der Waals surface area contributed by atoms with Crippen molar-refractivity contribution in [2.24, 2.45) is 5.92 Å². The molecule has 8 nitrogen and oxygen atoms in total. The van der Waals surface area contributed by atoms with Gasteiger partial charge in [-0.3, -0.25) is 9.10 Å². The van der Waals surface area contributed by atoms with Crippen molar-refractivity contribution in [2.75, 3.05) is 31.6 Å². The van der Waals surface area contributed by atoms with Crippen molar-refractivity contribution >= 4 is 27.6 Å². The van der Waals surface area contributed by atoms with Crippen LogP contribution < -0.4 is 14.4 Å². The van der Waals surface area contributed by atoms with Crippen molar-refractivity contribution < 1.29 is 27.5 Å². The van der Waals surface area contributed by atoms with Crippen LogP contribution in [0.1, 0.15) is 30.6 Å². The summed E-state index contributed by atoms with van der Waals surface area (Å²) in [7, 11) is -0.970. The molecule has 2 aromatic rings. The van der Waals surface area contributed by atoms with Crippen molar-refractivity contribution in [3.63, 3.8) is 0 Å². The Bertz CT molecular complexity index is 1000. The zero-order chi connectivity index (χ0) is 23.0. The number of anilines is 1. The van der Waals surface area contributed by atoms with E-state index in [0.29, 0.717) is 23.9 Å². The lowest BCUT2D eigenvalue weighted by Crippen LogP contribution is -2.30. The second-order valence-corrected chi connectivity index (χ2v) is 9.28. The van der Waals surface area contributed by atoms with Crippen molar-refractivity contribution in [3.05, 3.63) is 54.1 Å². The lowest BCUT2D eigenvalue weighted by Gasteiger charge is -2.20. The van der Waals surface area contributed by atoms with Gasteiger partial charge in [-0.15, -0.1) is 0 Å². The van der Waals surface area contributed by atoms with Gasteiger partial charge in [0.05, 0.1) is 23.3 Å². The predicted octanol–water partition coefficient (Wildman–Crippen LogP) is 2.84. The average molecular weight is 449 g/mol. The third-order valence-corrected chi connectivity index (χ3v) is 6.32. The Morgan fingerprint density at radius 2 is 1.77 bits per heavy atom. The van der Waals surface area contributed by atoms with Gasteiger partial charge < -0.3 is 14.8 Å². The van der Waals surface area contributed by atoms with Gasteiger partial charge in [-0.05, 0) is 54.8 Å². The van der Waals surface area contributed by atoms with E-state index in [4.69, 9.17) is 9.47 Å². The van der Waals surface area contributed by atoms with Crippen LogP contribution in [0, 0.1) is 5.92 Å². The predicted molar refractivity (Wildman–Crippen MR) is 118 cm³/mol. The van der Waals surface area contributed by atoms with Crippen molar-refractivity contribution in [1.29, 1.82) is 0 Å². The number of carbonyl (C=O) groups is 2. The Balaban J connectivity index is 2.07. The first-order valence-electron chi connectivity index (χ1n) is 9.82. The number of benzene rings is 2. The maximum Gasteiger partial charge on any atom is 0.338 e. The van der Waals surface area contributed by atoms with Crippen LogP contribution in [0.3, 0.4) is 0 Å². The molecular weight excluding hydrogens is 420 g/mol. The highest BCUT2D eigenvalue weighted by Gasteiger charge is 2.23. The summed E-state index contributed by atoms with van der Waals surface area (Å²) in [4.78, 5) is 24.0. The van der Waals surface area contributed by atoms with E-state index < -0.39 is 28.5 Å². The maximum absolute atomic E-state index is 13.0. The largest absolute Gasteiger partial charge is 0.497 e. The van der Waals surface area contributed by atoms with Gasteiger partial charge in [-0.1, -0.05) is 19.9 Å². The van der Waals surface area contributed by atoms with E-state index in [1.54, 1.807) is 24.3 Å². The molecule has 31 heavy (non-hydrogen) atoms. The fourth-order valence-corrected chi connectivity index (χ4v) is 3.88. The lowest BCUT2D eigenvalue weighted by atomic mass is 10.1. The van der Waals surface area contributed by atoms with Gasteiger partial charge in [0.25, 0.3) is 15.9 Å². The van der Waals surface area contributed by atoms with E-state index in [9.17, 15) is 18.0 Å². The fraction of sp³-hybridized carbons (Fsp3) is 0.364. The summed E-state index contributed by atoms with van der Waals surface area (Å²) in [5.74, 6) is -0.128. The number of amides is 1. The molecule has 0 aliphatic carbocycles. The molecule has 2 aromatic carbocycles. The summed E-state index contributed by atoms with van der Waals surface area (Å²) in [6.45, 7) is 4.15. The van der Waals surface area contributed by atoms with Crippen LogP contribution in [0.25, 0.3) is 0 Å². The smallest absolute Gasteiger partial charge is 0.338 e. The van der Waals surface area contributed by atoms with Gasteiger partial charge in [0.2, 0.25) is 0 Å². The van der Waals surface area contributed by atoms with E-state index in [0.717, 1.165) is 10.7 Å². The van der Waals surface area contributed by atoms with E-state index in [2.05, 4.69) is 5.32 Å². The molecule has 0 heterocycles. The quantitative estimate of drug-likeness (QED) is 0.561. The number of sulfonamides is 1. The van der Waals surface area contributed by atoms with E-state index in [-0.39, 0.29) is 10.5 Å². The molecule has 2 rings (SSSR count). The number of nitrogens with one attached hydrogen (secondary N) is 1. The molecule has 1 N–H and O–H groups in total. The number of methoxy groups -OCH3 is 1. The van der Waals surface area contributed by atoms with Gasteiger partial charge in [0.1, 0.15) is 5.75 Å². The normalized spacial score (nSPS) is 11.1. The average Bonchev–Trinajstić information content (AvgIpc) is 2.76. The van der Waals surface area contributed by atoms with Gasteiger partial charge in [-0.25, -0.2) is 13.2 Å². The van der Waals surface area contributed by atoms with Crippen LogP contribution in [-0.4, -0.2) is 47.6 Å². The molecule has 0 bridgehead atoms. The summed E-state index contributed by atoms with van der Waals surface area (Å²) >= 11 is 0. The van der Waals surface area contributed by atoms with E-state index in [1.807, 2.05) is 13.8 Å². The molecule has 0 saturated carbocycles. The molecule has 168 valence electrons. The minimum absolute atomic E-state index is 0.0409. The lowest BCUT2D eigenvalue weighted by molar-refractivity contribution is -0.124. The first-order valence-corrected chi connectivity index (χ1v) is 11.3. The highest BCUT2D eigenvalue weighted by atomic mass is 32.2. The molecule has 0 saturated heterocycles. The standard InChI is InChI=1S/C22H28N2O6S/c1-16(2)12-13-23-21(25)15-30-22(26)17-6-5-7-20(14-17)31(27,28)24(3)18-8-10-19(29-4)11-9-18/h5-11,14,16H,12-13,15H2,1-4H3,(H,23,25). The zero-order valence-corrected chi connectivity index (χ0v) is 18.9. The summed E-state index contributed by atoms with van der Waals surface area (Å²) in [5.41, 5.74) is 0.478. The van der Waals surface area contributed by atoms with Crippen molar-refractivity contribution in [2.45, 2.75) is 25.2 Å². The molecule has 0 radical (unpaired) electrons. The summed E-state index contributed by atoms with van der Waals surface area (Å²) in [5, 5.41) is 2.67. The minimum atomic E-state index is -3.91. The summed E-state index contributed by atoms with van der Waals surface area (Å²) < 4.78 is 37.2. The molecule has 0 fully saturated rings. The molecule has 9 heteroatoms. The Morgan fingerprint density at radius 1 is 1.10 bits per heavy atom. The zero-order valence-electron chi connectivity index (χ0n) is 18.1. The second kappa shape index (κ2) is 10.8. The van der Waals surface area contributed by atoms with Gasteiger partial charge in [0.15, 0.2) is 6.61 Å². The Kier molecular flexibility index (Phi) is 8.44. The number of esters is 1. The monoisotopic (exact) mass is 448 g/mol. The molecule has 1 amide bonds. The summed E-state index contributed by atoms with van der Waals surface area (Å²) in [6.07, 6.45) is 0.821. The second-order valence-electron chi connectivity index (χ2n) is 7.31. The van der Waals surface area contributed by atoms with Gasteiger partial charge >= 0.3 is 5.97 Å². The Labute approximate surface area is 183 Å². The maximum atomic E-state index is 13.0. The van der Waals surface area contributed by atoms with Crippen LogP contribution in [0.2, 0.25) is 0 Å². The van der Waals surface area contributed by atoms with Crippen LogP contribution in [0.5, 0.6) is 5.75 Å². The molecule has 0 unspecified atom stereocenters. The number of ether oxygens (including phenoxy) is 2. The number of hydrogen-bond donors (Lipinski definition) is 1. The SMILES string of the molecule is COc1ccc(N(C)S(=O)(=O)c2cccc(C(=O)OCC(=O)NCCC(C)C)c2)cc1. The van der Waals surface area contributed by atoms with Gasteiger partial charge in [0, 0.05) is 13.6 Å². The minimum Gasteiger partial charge on any atom is -0.497 e. The molecule has 0 atom stereocenters. The highest BCUT2D eigenvalue weighted by Crippen LogP contribution is 2.24. The van der Waals surface area contributed by atoms with E-state index >= 15 is 0 Å². The van der Waals surface area contributed by atoms with E-state index in [1.165, 1.54) is 38.4 Å². The fourth-order valence-electron chi connectivity index (χ4n) is 2.64. The first kappa shape index (κ1) is 24.2. The molecule has 0 aliphatic heterocycles. The van der Waals surface area contributed by atoms with Crippen LogP contribution in [0.4, 0.5) is 5.69 Å². The Hall–Kier alpha value is -3.07.